The molecule has 2 rings (SSSR count). The summed E-state index contributed by atoms with van der Waals surface area (Å²) in [4.78, 5) is 11.0. The second-order valence-corrected chi connectivity index (χ2v) is 8.10. The van der Waals surface area contributed by atoms with Crippen molar-refractivity contribution >= 4 is 27.3 Å². The molecule has 0 radical (unpaired) electrons. The lowest BCUT2D eigenvalue weighted by atomic mass is 10.2. The van der Waals surface area contributed by atoms with Crippen LogP contribution in [0.3, 0.4) is 0 Å². The molecule has 0 amide bonds. The average Bonchev–Trinajstić information content (AvgIpc) is 3.09. The Balaban J connectivity index is 0.00000105. The van der Waals surface area contributed by atoms with E-state index in [1.54, 1.807) is 37.4 Å². The zero-order valence-corrected chi connectivity index (χ0v) is 16.4. The van der Waals surface area contributed by atoms with Gasteiger partial charge in [0.1, 0.15) is 16.5 Å². The number of carbonyl (C=O) groups is 1. The Bertz CT molecular complexity index is 874. The summed E-state index contributed by atoms with van der Waals surface area (Å²) < 4.78 is 30.8. The highest BCUT2D eigenvalue weighted by atomic mass is 32.2. The van der Waals surface area contributed by atoms with E-state index in [0.717, 1.165) is 22.6 Å². The molecule has 0 aliphatic carbocycles. The molecule has 0 bridgehead atoms. The summed E-state index contributed by atoms with van der Waals surface area (Å²) in [5.74, 6) is 5.28. The molecule has 26 heavy (non-hydrogen) atoms. The number of carboxylic acids is 1. The minimum Gasteiger partial charge on any atom is -0.497 e. The first kappa shape index (κ1) is 21.7. The minimum atomic E-state index is -3.82. The Labute approximate surface area is 157 Å². The maximum Gasteiger partial charge on any atom is 0.318 e. The first-order chi connectivity index (χ1) is 12.3. The molecule has 1 aromatic carbocycles. The van der Waals surface area contributed by atoms with Gasteiger partial charge in [0.25, 0.3) is 10.0 Å². The average molecular weight is 396 g/mol. The molecule has 2 N–H and O–H groups in total. The van der Waals surface area contributed by atoms with Crippen LogP contribution in [0.1, 0.15) is 30.7 Å². The first-order valence-electron chi connectivity index (χ1n) is 7.79. The lowest BCUT2D eigenvalue weighted by molar-refractivity contribution is -0.135. The topological polar surface area (TPSA) is 92.7 Å². The van der Waals surface area contributed by atoms with Crippen molar-refractivity contribution in [1.29, 1.82) is 0 Å². The molecule has 140 valence electrons. The molecule has 1 heterocycles. The number of carboxylic acid groups (broad SMARTS) is 1. The molecule has 0 fully saturated rings. The van der Waals surface area contributed by atoms with E-state index in [4.69, 9.17) is 9.84 Å². The summed E-state index contributed by atoms with van der Waals surface area (Å²) >= 11 is 0.977. The molecular formula is C18H21NO5S2. The van der Waals surface area contributed by atoms with Gasteiger partial charge < -0.3 is 9.84 Å². The highest BCUT2D eigenvalue weighted by Crippen LogP contribution is 2.20. The maximum atomic E-state index is 11.9. The van der Waals surface area contributed by atoms with Crippen molar-refractivity contribution in [3.05, 3.63) is 46.8 Å². The standard InChI is InChI=1S/C15H13NO5S2.C3H8/c1-21-12-5-2-11(3-6-12)4-7-13-8-9-15(22-13)23(19,20)16-10-14(17)18;1-3-2/h2-3,5-6,8-9,16H,10H2,1H3,(H,17,18);3H2,1-2H3. The fourth-order valence-electron chi connectivity index (χ4n) is 1.57. The Morgan fingerprint density at radius 3 is 2.31 bits per heavy atom. The summed E-state index contributed by atoms with van der Waals surface area (Å²) in [7, 11) is -2.25. The van der Waals surface area contributed by atoms with Crippen LogP contribution < -0.4 is 9.46 Å². The number of hydrogen-bond donors (Lipinski definition) is 2. The van der Waals surface area contributed by atoms with Gasteiger partial charge in [-0.15, -0.1) is 11.3 Å². The van der Waals surface area contributed by atoms with Crippen molar-refractivity contribution in [2.75, 3.05) is 13.7 Å². The zero-order chi connectivity index (χ0) is 19.6. The highest BCUT2D eigenvalue weighted by molar-refractivity contribution is 7.91. The number of methoxy groups -OCH3 is 1. The highest BCUT2D eigenvalue weighted by Gasteiger charge is 2.17. The fraction of sp³-hybridized carbons (Fsp3) is 0.278. The van der Waals surface area contributed by atoms with E-state index in [9.17, 15) is 13.2 Å². The van der Waals surface area contributed by atoms with Crippen LogP contribution in [0.15, 0.2) is 40.6 Å². The second kappa shape index (κ2) is 10.6. The van der Waals surface area contributed by atoms with Crippen LogP contribution >= 0.6 is 11.3 Å². The monoisotopic (exact) mass is 395 g/mol. The number of ether oxygens (including phenoxy) is 1. The molecule has 0 saturated heterocycles. The van der Waals surface area contributed by atoms with Gasteiger partial charge in [-0.1, -0.05) is 32.1 Å². The van der Waals surface area contributed by atoms with Gasteiger partial charge in [-0.3, -0.25) is 4.79 Å². The molecule has 0 atom stereocenters. The fourth-order valence-corrected chi connectivity index (χ4v) is 3.75. The van der Waals surface area contributed by atoms with Crippen LogP contribution in [-0.4, -0.2) is 33.1 Å². The van der Waals surface area contributed by atoms with Crippen LogP contribution in [0.4, 0.5) is 0 Å². The third-order valence-corrected chi connectivity index (χ3v) is 5.57. The van der Waals surface area contributed by atoms with E-state index >= 15 is 0 Å². The minimum absolute atomic E-state index is 0.0257. The van der Waals surface area contributed by atoms with Gasteiger partial charge in [0.15, 0.2) is 0 Å². The molecule has 2 aromatic rings. The predicted octanol–water partition coefficient (Wildman–Crippen LogP) is 2.94. The summed E-state index contributed by atoms with van der Waals surface area (Å²) in [6, 6.07) is 10.1. The van der Waals surface area contributed by atoms with E-state index in [2.05, 4.69) is 25.7 Å². The predicted molar refractivity (Wildman–Crippen MR) is 102 cm³/mol. The van der Waals surface area contributed by atoms with Gasteiger partial charge in [0, 0.05) is 5.56 Å². The number of sulfonamides is 1. The van der Waals surface area contributed by atoms with Crippen molar-refractivity contribution in [3.63, 3.8) is 0 Å². The molecule has 0 spiro atoms. The molecule has 1 aromatic heterocycles. The van der Waals surface area contributed by atoms with E-state index in [-0.39, 0.29) is 4.21 Å². The normalized spacial score (nSPS) is 10.1. The number of thiophene rings is 1. The Hall–Kier alpha value is -2.34. The van der Waals surface area contributed by atoms with Crippen molar-refractivity contribution in [2.45, 2.75) is 24.5 Å². The summed E-state index contributed by atoms with van der Waals surface area (Å²) in [5.41, 5.74) is 0.771. The van der Waals surface area contributed by atoms with E-state index in [0.29, 0.717) is 4.88 Å². The van der Waals surface area contributed by atoms with Gasteiger partial charge in [-0.25, -0.2) is 8.42 Å². The smallest absolute Gasteiger partial charge is 0.318 e. The Morgan fingerprint density at radius 1 is 1.15 bits per heavy atom. The SMILES string of the molecule is CCC.COc1ccc(C#Cc2ccc(S(=O)(=O)NCC(=O)O)s2)cc1. The van der Waals surface area contributed by atoms with Crippen LogP contribution in [0.25, 0.3) is 0 Å². The van der Waals surface area contributed by atoms with Crippen LogP contribution in [0, 0.1) is 11.8 Å². The van der Waals surface area contributed by atoms with Gasteiger partial charge >= 0.3 is 5.97 Å². The summed E-state index contributed by atoms with van der Waals surface area (Å²) in [6.45, 7) is 3.59. The van der Waals surface area contributed by atoms with Gasteiger partial charge in [-0.2, -0.15) is 4.72 Å². The van der Waals surface area contributed by atoms with Gasteiger partial charge in [0.05, 0.1) is 12.0 Å². The lowest BCUT2D eigenvalue weighted by Gasteiger charge is -2.00. The Morgan fingerprint density at radius 2 is 1.77 bits per heavy atom. The van der Waals surface area contributed by atoms with E-state index in [1.165, 1.54) is 12.5 Å². The lowest BCUT2D eigenvalue weighted by Crippen LogP contribution is -2.28. The maximum absolute atomic E-state index is 11.9. The van der Waals surface area contributed by atoms with E-state index in [1.807, 2.05) is 4.72 Å². The van der Waals surface area contributed by atoms with Crippen molar-refractivity contribution in [1.82, 2.24) is 4.72 Å². The third-order valence-electron chi connectivity index (χ3n) is 2.68. The first-order valence-corrected chi connectivity index (χ1v) is 10.1. The van der Waals surface area contributed by atoms with Crippen LogP contribution in [0.5, 0.6) is 5.75 Å². The summed E-state index contributed by atoms with van der Waals surface area (Å²) in [5, 5.41) is 8.52. The van der Waals surface area contributed by atoms with Crippen LogP contribution in [0.2, 0.25) is 0 Å². The molecular weight excluding hydrogens is 374 g/mol. The number of nitrogens with one attached hydrogen (secondary N) is 1. The van der Waals surface area contributed by atoms with Crippen LogP contribution in [-0.2, 0) is 14.8 Å². The van der Waals surface area contributed by atoms with Gasteiger partial charge in [0.2, 0.25) is 0 Å². The number of rotatable bonds is 5. The second-order valence-electron chi connectivity index (χ2n) is 5.02. The molecule has 0 unspecified atom stereocenters. The van der Waals surface area contributed by atoms with E-state index < -0.39 is 22.5 Å². The molecule has 8 heteroatoms. The number of hydrogen-bond acceptors (Lipinski definition) is 5. The number of benzene rings is 1. The van der Waals surface area contributed by atoms with Gasteiger partial charge in [-0.05, 0) is 36.4 Å². The third kappa shape index (κ3) is 7.27. The molecule has 0 aliphatic rings. The molecule has 6 nitrogen and oxygen atoms in total. The van der Waals surface area contributed by atoms with Crippen molar-refractivity contribution in [2.24, 2.45) is 0 Å². The summed E-state index contributed by atoms with van der Waals surface area (Å²) in [6.07, 6.45) is 1.25. The van der Waals surface area contributed by atoms with Crippen molar-refractivity contribution < 1.29 is 23.1 Å². The molecule has 0 aliphatic heterocycles. The number of aliphatic carboxylic acids is 1. The zero-order valence-electron chi connectivity index (χ0n) is 14.8. The van der Waals surface area contributed by atoms with Crippen molar-refractivity contribution in [3.8, 4) is 17.6 Å². The largest absolute Gasteiger partial charge is 0.497 e. The molecule has 0 saturated carbocycles. The quantitative estimate of drug-likeness (QED) is 0.760. The Kier molecular flexibility index (Phi) is 8.85.